The number of amides is 4. The molecule has 0 bridgehead atoms. The number of nitrogens with two attached hydrogens (primary N) is 1. The second-order valence-corrected chi connectivity index (χ2v) is 6.09. The van der Waals surface area contributed by atoms with E-state index in [1.54, 1.807) is 18.2 Å². The Balaban J connectivity index is 1.92. The lowest BCUT2D eigenvalue weighted by Gasteiger charge is -2.27. The second-order valence-electron chi connectivity index (χ2n) is 6.09. The van der Waals surface area contributed by atoms with Crippen LogP contribution in [0.25, 0.3) is 0 Å². The maximum Gasteiger partial charge on any atom is 0.262 e. The van der Waals surface area contributed by atoms with E-state index < -0.39 is 29.7 Å². The molecule has 3 rings (SSSR count). The molecule has 2 aliphatic rings. The number of piperidine rings is 1. The average Bonchev–Trinajstić information content (AvgIpc) is 2.86. The van der Waals surface area contributed by atoms with Gasteiger partial charge in [0.05, 0.1) is 17.7 Å². The number of terminal acetylenes is 1. The number of nitrogens with one attached hydrogen (secondary N) is 1. The van der Waals surface area contributed by atoms with Crippen LogP contribution in [0, 0.1) is 12.3 Å². The molecule has 4 amide bonds. The molecule has 26 heavy (non-hydrogen) atoms. The lowest BCUT2D eigenvalue weighted by Crippen LogP contribution is -2.54. The fourth-order valence-corrected chi connectivity index (χ4v) is 3.22. The van der Waals surface area contributed by atoms with Crippen molar-refractivity contribution in [1.82, 2.24) is 10.2 Å². The van der Waals surface area contributed by atoms with E-state index in [4.69, 9.17) is 12.2 Å². The van der Waals surface area contributed by atoms with Crippen molar-refractivity contribution < 1.29 is 19.2 Å². The van der Waals surface area contributed by atoms with Crippen LogP contribution in [0.15, 0.2) is 18.2 Å². The van der Waals surface area contributed by atoms with Crippen LogP contribution >= 0.6 is 0 Å². The topological polar surface area (TPSA) is 113 Å². The monoisotopic (exact) mass is 354 g/mol. The number of anilines is 1. The minimum Gasteiger partial charge on any atom is -0.359 e. The molecular formula is C18H18N4O4. The van der Waals surface area contributed by atoms with Gasteiger partial charge in [-0.25, -0.2) is 0 Å². The van der Waals surface area contributed by atoms with Gasteiger partial charge in [0.2, 0.25) is 11.8 Å². The number of carbonyl (C=O) groups is 4. The molecule has 8 heteroatoms. The Labute approximate surface area is 150 Å². The van der Waals surface area contributed by atoms with Crippen LogP contribution in [0.1, 0.15) is 33.6 Å². The van der Waals surface area contributed by atoms with Gasteiger partial charge < -0.3 is 10.6 Å². The van der Waals surface area contributed by atoms with Crippen molar-refractivity contribution in [3.05, 3.63) is 29.3 Å². The minimum atomic E-state index is -0.977. The van der Waals surface area contributed by atoms with Gasteiger partial charge in [-0.3, -0.25) is 29.4 Å². The summed E-state index contributed by atoms with van der Waals surface area (Å²) in [5.74, 6) is 0.415. The van der Waals surface area contributed by atoms with E-state index in [0.29, 0.717) is 25.3 Å². The summed E-state index contributed by atoms with van der Waals surface area (Å²) >= 11 is 0. The van der Waals surface area contributed by atoms with E-state index in [1.807, 2.05) is 4.90 Å². The highest BCUT2D eigenvalue weighted by atomic mass is 16.2. The van der Waals surface area contributed by atoms with Gasteiger partial charge in [-0.15, -0.1) is 6.42 Å². The quantitative estimate of drug-likeness (QED) is 0.544. The van der Waals surface area contributed by atoms with Crippen LogP contribution in [0.5, 0.6) is 0 Å². The zero-order chi connectivity index (χ0) is 18.8. The average molecular weight is 354 g/mol. The zero-order valence-corrected chi connectivity index (χ0v) is 14.0. The molecule has 2 heterocycles. The third-order valence-corrected chi connectivity index (χ3v) is 4.47. The van der Waals surface area contributed by atoms with Gasteiger partial charge in [0.1, 0.15) is 6.04 Å². The molecule has 134 valence electrons. The highest BCUT2D eigenvalue weighted by Crippen LogP contribution is 2.30. The summed E-state index contributed by atoms with van der Waals surface area (Å²) in [6.45, 7) is 1.20. The van der Waals surface area contributed by atoms with Crippen LogP contribution in [-0.2, 0) is 9.59 Å². The third kappa shape index (κ3) is 2.93. The Bertz CT molecular complexity index is 842. The van der Waals surface area contributed by atoms with Gasteiger partial charge in [-0.1, -0.05) is 5.92 Å². The van der Waals surface area contributed by atoms with Crippen LogP contribution in [0.3, 0.4) is 0 Å². The van der Waals surface area contributed by atoms with Crippen LogP contribution < -0.4 is 16.0 Å². The normalized spacial score (nSPS) is 19.2. The van der Waals surface area contributed by atoms with E-state index in [1.165, 1.54) is 0 Å². The summed E-state index contributed by atoms with van der Waals surface area (Å²) in [7, 11) is 0. The van der Waals surface area contributed by atoms with E-state index in [-0.39, 0.29) is 24.0 Å². The fourth-order valence-electron chi connectivity index (χ4n) is 3.22. The summed E-state index contributed by atoms with van der Waals surface area (Å²) in [6.07, 6.45) is 5.58. The number of hydrogen-bond donors (Lipinski definition) is 2. The van der Waals surface area contributed by atoms with Crippen LogP contribution in [-0.4, -0.2) is 54.2 Å². The zero-order valence-electron chi connectivity index (χ0n) is 14.0. The molecule has 0 spiro atoms. The first-order valence-electron chi connectivity index (χ1n) is 8.22. The Morgan fingerprint density at radius 3 is 2.62 bits per heavy atom. The van der Waals surface area contributed by atoms with Crippen molar-refractivity contribution in [3.8, 4) is 12.3 Å². The third-order valence-electron chi connectivity index (χ3n) is 4.47. The molecule has 2 aliphatic heterocycles. The lowest BCUT2D eigenvalue weighted by molar-refractivity contribution is -0.136. The number of rotatable bonds is 5. The van der Waals surface area contributed by atoms with Crippen molar-refractivity contribution in [2.45, 2.75) is 18.9 Å². The SMILES string of the molecule is C#CCN(CCN)c1ccc2c(c1)C(=O)N(C1CCC(=O)NC1=O)C2=O. The Kier molecular flexibility index (Phi) is 4.73. The number of benzene rings is 1. The van der Waals surface area contributed by atoms with Gasteiger partial charge in [0.25, 0.3) is 11.8 Å². The summed E-state index contributed by atoms with van der Waals surface area (Å²) in [5.41, 5.74) is 6.72. The molecule has 1 aromatic carbocycles. The van der Waals surface area contributed by atoms with Gasteiger partial charge in [0.15, 0.2) is 0 Å². The number of imide groups is 2. The maximum absolute atomic E-state index is 12.8. The smallest absolute Gasteiger partial charge is 0.262 e. The van der Waals surface area contributed by atoms with Gasteiger partial charge in [-0.05, 0) is 24.6 Å². The molecule has 1 aromatic rings. The number of hydrogen-bond acceptors (Lipinski definition) is 6. The van der Waals surface area contributed by atoms with Crippen LogP contribution in [0.2, 0.25) is 0 Å². The molecule has 0 radical (unpaired) electrons. The Morgan fingerprint density at radius 1 is 1.23 bits per heavy atom. The van der Waals surface area contributed by atoms with Gasteiger partial charge >= 0.3 is 0 Å². The summed E-state index contributed by atoms with van der Waals surface area (Å²) in [6, 6.07) is 3.87. The van der Waals surface area contributed by atoms with Crippen molar-refractivity contribution in [1.29, 1.82) is 0 Å². The summed E-state index contributed by atoms with van der Waals surface area (Å²) < 4.78 is 0. The Morgan fingerprint density at radius 2 is 1.96 bits per heavy atom. The number of fused-ring (bicyclic) bond motifs is 1. The first-order chi connectivity index (χ1) is 12.5. The highest BCUT2D eigenvalue weighted by molar-refractivity contribution is 6.23. The van der Waals surface area contributed by atoms with Crippen molar-refractivity contribution in [2.24, 2.45) is 5.73 Å². The predicted octanol–water partition coefficient (Wildman–Crippen LogP) is -0.514. The van der Waals surface area contributed by atoms with E-state index in [2.05, 4.69) is 11.2 Å². The molecular weight excluding hydrogens is 336 g/mol. The van der Waals surface area contributed by atoms with Crippen molar-refractivity contribution in [3.63, 3.8) is 0 Å². The number of nitrogens with zero attached hydrogens (tertiary/aromatic N) is 2. The van der Waals surface area contributed by atoms with Gasteiger partial charge in [-0.2, -0.15) is 0 Å². The standard InChI is InChI=1S/C18H18N4O4/c1-2-8-21(9-7-19)11-3-4-12-13(10-11)18(26)22(17(12)25)14-5-6-15(23)20-16(14)24/h1,3-4,10,14H,5-9,19H2,(H,20,23,24). The molecule has 0 aromatic heterocycles. The highest BCUT2D eigenvalue weighted by Gasteiger charge is 2.44. The maximum atomic E-state index is 12.8. The predicted molar refractivity (Wildman–Crippen MR) is 93.2 cm³/mol. The first-order valence-corrected chi connectivity index (χ1v) is 8.22. The Hall–Kier alpha value is -3.18. The molecule has 8 nitrogen and oxygen atoms in total. The molecule has 3 N–H and O–H groups in total. The fraction of sp³-hybridized carbons (Fsp3) is 0.333. The van der Waals surface area contributed by atoms with Crippen molar-refractivity contribution >= 4 is 29.3 Å². The van der Waals surface area contributed by atoms with Crippen molar-refractivity contribution in [2.75, 3.05) is 24.5 Å². The minimum absolute atomic E-state index is 0.0848. The molecule has 0 aliphatic carbocycles. The molecule has 1 atom stereocenters. The molecule has 1 fully saturated rings. The van der Waals surface area contributed by atoms with E-state index in [9.17, 15) is 19.2 Å². The number of carbonyl (C=O) groups excluding carboxylic acids is 4. The lowest BCUT2D eigenvalue weighted by atomic mass is 10.0. The first kappa shape index (κ1) is 17.6. The van der Waals surface area contributed by atoms with Crippen LogP contribution in [0.4, 0.5) is 5.69 Å². The van der Waals surface area contributed by atoms with E-state index >= 15 is 0 Å². The molecule has 1 unspecified atom stereocenters. The van der Waals surface area contributed by atoms with E-state index in [0.717, 1.165) is 4.90 Å². The molecule has 1 saturated heterocycles. The molecule has 0 saturated carbocycles. The summed E-state index contributed by atoms with van der Waals surface area (Å²) in [5, 5.41) is 2.17. The second kappa shape index (κ2) is 6.98. The van der Waals surface area contributed by atoms with Gasteiger partial charge in [0, 0.05) is 25.2 Å². The largest absolute Gasteiger partial charge is 0.359 e. The summed E-state index contributed by atoms with van der Waals surface area (Å²) in [4.78, 5) is 51.5.